The maximum absolute atomic E-state index is 13.3. The first kappa shape index (κ1) is 24.4. The van der Waals surface area contributed by atoms with Crippen LogP contribution in [0, 0.1) is 5.92 Å². The third-order valence-corrected chi connectivity index (χ3v) is 5.84. The first-order chi connectivity index (χ1) is 15.8. The molecule has 0 aromatic carbocycles. The molecule has 0 saturated carbocycles. The summed E-state index contributed by atoms with van der Waals surface area (Å²) in [6.45, 7) is 6.26. The van der Waals surface area contributed by atoms with E-state index in [1.807, 2.05) is 51.1 Å². The van der Waals surface area contributed by atoms with Gasteiger partial charge in [0.2, 0.25) is 11.8 Å². The van der Waals surface area contributed by atoms with Crippen LogP contribution in [0.4, 0.5) is 0 Å². The lowest BCUT2D eigenvalue weighted by Crippen LogP contribution is -2.50. The average Bonchev–Trinajstić information content (AvgIpc) is 2.82. The zero-order valence-electron chi connectivity index (χ0n) is 19.6. The maximum Gasteiger partial charge on any atom is 0.259 e. The van der Waals surface area contributed by atoms with Gasteiger partial charge in [-0.1, -0.05) is 25.1 Å². The number of rotatable bonds is 7. The van der Waals surface area contributed by atoms with E-state index < -0.39 is 0 Å². The molecule has 1 aliphatic rings. The largest absolute Gasteiger partial charge is 0.472 e. The monoisotopic (exact) mass is 452 g/mol. The van der Waals surface area contributed by atoms with Crippen molar-refractivity contribution < 1.29 is 19.4 Å². The predicted octanol–water partition coefficient (Wildman–Crippen LogP) is 2.43. The van der Waals surface area contributed by atoms with Gasteiger partial charge in [-0.25, -0.2) is 4.98 Å². The summed E-state index contributed by atoms with van der Waals surface area (Å²) in [5, 5.41) is 9.75. The molecule has 8 heteroatoms. The van der Waals surface area contributed by atoms with Crippen molar-refractivity contribution in [2.45, 2.75) is 39.3 Å². The Morgan fingerprint density at radius 2 is 2.18 bits per heavy atom. The summed E-state index contributed by atoms with van der Waals surface area (Å²) in [5.74, 6) is -0.154. The number of amides is 2. The second kappa shape index (κ2) is 11.0. The van der Waals surface area contributed by atoms with Crippen molar-refractivity contribution in [3.05, 3.63) is 59.6 Å². The molecule has 1 N–H and O–H groups in total. The topological polar surface area (TPSA) is 95.9 Å². The van der Waals surface area contributed by atoms with Crippen LogP contribution in [-0.4, -0.2) is 75.6 Å². The summed E-state index contributed by atoms with van der Waals surface area (Å²) in [7, 11) is 1.74. The van der Waals surface area contributed by atoms with E-state index >= 15 is 0 Å². The first-order valence-corrected chi connectivity index (χ1v) is 11.2. The molecule has 0 aliphatic carbocycles. The molecule has 0 bridgehead atoms. The van der Waals surface area contributed by atoms with E-state index in [0.717, 1.165) is 5.56 Å². The maximum atomic E-state index is 13.3. The Kier molecular flexibility index (Phi) is 8.16. The summed E-state index contributed by atoms with van der Waals surface area (Å²) in [6.07, 6.45) is 6.88. The van der Waals surface area contributed by atoms with E-state index in [1.165, 1.54) is 0 Å². The zero-order valence-corrected chi connectivity index (χ0v) is 19.6. The highest BCUT2D eigenvalue weighted by atomic mass is 16.5. The number of ether oxygens (including phenoxy) is 1. The van der Waals surface area contributed by atoms with E-state index in [1.54, 1.807) is 35.3 Å². The molecule has 2 amide bonds. The molecule has 0 saturated heterocycles. The highest BCUT2D eigenvalue weighted by Gasteiger charge is 2.34. The van der Waals surface area contributed by atoms with Crippen LogP contribution in [0.2, 0.25) is 0 Å². The van der Waals surface area contributed by atoms with Gasteiger partial charge >= 0.3 is 0 Å². The summed E-state index contributed by atoms with van der Waals surface area (Å²) in [6, 6.07) is 6.89. The third kappa shape index (κ3) is 5.96. The van der Waals surface area contributed by atoms with Crippen molar-refractivity contribution in [3.8, 4) is 5.88 Å². The van der Waals surface area contributed by atoms with Crippen molar-refractivity contribution in [3.63, 3.8) is 0 Å². The number of carbonyl (C=O) groups is 2. The van der Waals surface area contributed by atoms with Crippen molar-refractivity contribution in [2.24, 2.45) is 5.92 Å². The fraction of sp³-hybridized carbons (Fsp3) is 0.440. The molecular weight excluding hydrogens is 420 g/mol. The van der Waals surface area contributed by atoms with Gasteiger partial charge in [0.15, 0.2) is 0 Å². The molecule has 176 valence electrons. The molecule has 3 rings (SSSR count). The van der Waals surface area contributed by atoms with Crippen molar-refractivity contribution >= 4 is 17.9 Å². The minimum Gasteiger partial charge on any atom is -0.472 e. The summed E-state index contributed by atoms with van der Waals surface area (Å²) in [5.41, 5.74) is 1.85. The summed E-state index contributed by atoms with van der Waals surface area (Å²) in [4.78, 5) is 38.1. The number of aromatic nitrogens is 2. The number of nitrogens with zero attached hydrogens (tertiary/aromatic N) is 4. The Morgan fingerprint density at radius 3 is 2.85 bits per heavy atom. The van der Waals surface area contributed by atoms with Crippen molar-refractivity contribution in [1.82, 2.24) is 19.8 Å². The number of allylic oxidation sites excluding steroid dienone is 1. The van der Waals surface area contributed by atoms with Crippen molar-refractivity contribution in [1.29, 1.82) is 0 Å². The molecule has 0 fully saturated rings. The Hall–Kier alpha value is -3.26. The first-order valence-electron chi connectivity index (χ1n) is 11.2. The fourth-order valence-electron chi connectivity index (χ4n) is 3.78. The molecule has 8 nitrogen and oxygen atoms in total. The molecule has 33 heavy (non-hydrogen) atoms. The third-order valence-electron chi connectivity index (χ3n) is 5.84. The Balaban J connectivity index is 1.87. The second-order valence-electron chi connectivity index (χ2n) is 8.52. The highest BCUT2D eigenvalue weighted by Crippen LogP contribution is 2.27. The Morgan fingerprint density at radius 1 is 1.39 bits per heavy atom. The normalized spacial score (nSPS) is 19.4. The Bertz CT molecular complexity index is 995. The molecule has 3 heterocycles. The van der Waals surface area contributed by atoms with Crippen molar-refractivity contribution in [2.75, 3.05) is 26.7 Å². The minimum absolute atomic E-state index is 0.0696. The summed E-state index contributed by atoms with van der Waals surface area (Å²) >= 11 is 0. The van der Waals surface area contributed by atoms with Gasteiger partial charge in [0, 0.05) is 37.6 Å². The fourth-order valence-corrected chi connectivity index (χ4v) is 3.78. The zero-order chi connectivity index (χ0) is 24.0. The van der Waals surface area contributed by atoms with Gasteiger partial charge in [-0.05, 0) is 37.6 Å². The van der Waals surface area contributed by atoms with Gasteiger partial charge in [0.05, 0.1) is 25.6 Å². The van der Waals surface area contributed by atoms with Gasteiger partial charge in [0.1, 0.15) is 11.7 Å². The molecule has 0 unspecified atom stereocenters. The molecule has 1 aliphatic heterocycles. The number of likely N-dealkylation sites (N-methyl/N-ethyl adjacent to an activating group) is 1. The minimum atomic E-state index is -0.386. The quantitative estimate of drug-likeness (QED) is 0.693. The Labute approximate surface area is 194 Å². The predicted molar refractivity (Wildman–Crippen MR) is 126 cm³/mol. The second-order valence-corrected chi connectivity index (χ2v) is 8.52. The molecular formula is C25H32N4O4. The molecule has 0 radical (unpaired) electrons. The van der Waals surface area contributed by atoms with Crippen LogP contribution in [0.3, 0.4) is 0 Å². The number of hydrogen-bond donors (Lipinski definition) is 1. The molecule has 2 aromatic heterocycles. The molecule has 0 spiro atoms. The van der Waals surface area contributed by atoms with E-state index in [0.29, 0.717) is 24.3 Å². The van der Waals surface area contributed by atoms with Crippen LogP contribution in [0.15, 0.2) is 42.7 Å². The van der Waals surface area contributed by atoms with Gasteiger partial charge in [0.25, 0.3) is 5.91 Å². The summed E-state index contributed by atoms with van der Waals surface area (Å²) < 4.78 is 6.23. The standard InChI is InChI=1S/C25H32N4O4/c1-5-8-19-11-21-24(27-13-19)33-22(17(2)14-29(25(21)32)18(3)16-30)15-28(4)23(31)12-20-9-6-7-10-26-20/h5-11,13,17-18,22,30H,12,14-16H2,1-4H3/b8-5+/t17-,18+,22-/m0/s1. The van der Waals surface area contributed by atoms with Crippen LogP contribution >= 0.6 is 0 Å². The van der Waals surface area contributed by atoms with Crippen LogP contribution in [0.25, 0.3) is 6.08 Å². The van der Waals surface area contributed by atoms with Gasteiger partial charge in [-0.2, -0.15) is 0 Å². The number of fused-ring (bicyclic) bond motifs is 1. The van der Waals surface area contributed by atoms with E-state index in [2.05, 4.69) is 9.97 Å². The number of carbonyl (C=O) groups excluding carboxylic acids is 2. The number of pyridine rings is 2. The van der Waals surface area contributed by atoms with Gasteiger partial charge < -0.3 is 19.6 Å². The lowest BCUT2D eigenvalue weighted by molar-refractivity contribution is -0.130. The van der Waals surface area contributed by atoms with Gasteiger partial charge in [-0.15, -0.1) is 0 Å². The van der Waals surface area contributed by atoms with E-state index in [9.17, 15) is 14.7 Å². The molecule has 3 atom stereocenters. The van der Waals surface area contributed by atoms with Crippen LogP contribution in [-0.2, 0) is 11.2 Å². The number of hydrogen-bond acceptors (Lipinski definition) is 6. The van der Waals surface area contributed by atoms with E-state index in [4.69, 9.17) is 4.74 Å². The molecule has 2 aromatic rings. The smallest absolute Gasteiger partial charge is 0.259 e. The van der Waals surface area contributed by atoms with Gasteiger partial charge in [-0.3, -0.25) is 14.6 Å². The number of aliphatic hydroxyl groups excluding tert-OH is 1. The SMILES string of the molecule is C/C=C/c1cnc2c(c1)C(=O)N([C@H](C)CO)C[C@H](C)[C@H](CN(C)C(=O)Cc1ccccn1)O2. The average molecular weight is 453 g/mol. The number of aliphatic hydroxyl groups is 1. The van der Waals surface area contributed by atoms with E-state index in [-0.39, 0.29) is 48.8 Å². The highest BCUT2D eigenvalue weighted by molar-refractivity contribution is 5.97. The van der Waals surface area contributed by atoms with Crippen LogP contribution in [0.1, 0.15) is 42.4 Å². The van der Waals surface area contributed by atoms with Crippen LogP contribution in [0.5, 0.6) is 5.88 Å². The lowest BCUT2D eigenvalue weighted by atomic mass is 9.99. The van der Waals surface area contributed by atoms with Crippen LogP contribution < -0.4 is 4.74 Å². The lowest BCUT2D eigenvalue weighted by Gasteiger charge is -2.37.